The molecule has 5 heteroatoms. The topological polar surface area (TPSA) is 29.3 Å². The first-order valence-corrected chi connectivity index (χ1v) is 6.76. The lowest BCUT2D eigenvalue weighted by Gasteiger charge is -2.21. The van der Waals surface area contributed by atoms with Gasteiger partial charge in [0.1, 0.15) is 0 Å². The number of nitrogens with two attached hydrogens (primary N) is 1. The van der Waals surface area contributed by atoms with Crippen LogP contribution in [0, 0.1) is 5.92 Å². The van der Waals surface area contributed by atoms with Gasteiger partial charge >= 0.3 is 0 Å². The van der Waals surface area contributed by atoms with Gasteiger partial charge in [0.25, 0.3) is 0 Å². The van der Waals surface area contributed by atoms with Gasteiger partial charge in [-0.2, -0.15) is 0 Å². The molecule has 1 heterocycles. The molecule has 1 aliphatic heterocycles. The Morgan fingerprint density at radius 1 is 1.38 bits per heavy atom. The van der Waals surface area contributed by atoms with Crippen LogP contribution in [0.15, 0.2) is 16.6 Å². The zero-order chi connectivity index (χ0) is 11.7. The Morgan fingerprint density at radius 3 is 2.50 bits per heavy atom. The predicted octanol–water partition coefficient (Wildman–Crippen LogP) is 3.54. The summed E-state index contributed by atoms with van der Waals surface area (Å²) in [6.07, 6.45) is 1.11. The van der Waals surface area contributed by atoms with Crippen LogP contribution in [0.1, 0.15) is 6.42 Å². The second kappa shape index (κ2) is 5.13. The van der Waals surface area contributed by atoms with E-state index < -0.39 is 0 Å². The van der Waals surface area contributed by atoms with E-state index >= 15 is 0 Å². The fraction of sp³-hybridized carbons (Fsp3) is 0.455. The van der Waals surface area contributed by atoms with Gasteiger partial charge in [-0.15, -0.1) is 0 Å². The molecular weight excluding hydrogens is 311 g/mol. The van der Waals surface area contributed by atoms with E-state index in [4.69, 9.17) is 28.9 Å². The normalized spacial score (nSPS) is 20.5. The highest BCUT2D eigenvalue weighted by molar-refractivity contribution is 9.10. The summed E-state index contributed by atoms with van der Waals surface area (Å²) in [6.45, 7) is 2.64. The number of benzene rings is 1. The van der Waals surface area contributed by atoms with E-state index in [0.29, 0.717) is 16.0 Å². The fourth-order valence-corrected chi connectivity index (χ4v) is 3.51. The minimum absolute atomic E-state index is 0.552. The largest absolute Gasteiger partial charge is 0.369 e. The molecule has 0 spiro atoms. The van der Waals surface area contributed by atoms with Crippen molar-refractivity contribution in [2.24, 2.45) is 11.7 Å². The third kappa shape index (κ3) is 2.48. The molecule has 0 aliphatic carbocycles. The van der Waals surface area contributed by atoms with Crippen molar-refractivity contribution in [3.63, 3.8) is 0 Å². The van der Waals surface area contributed by atoms with Crippen LogP contribution in [0.3, 0.4) is 0 Å². The number of hydrogen-bond donors (Lipinski definition) is 1. The molecule has 1 aliphatic rings. The first-order valence-electron chi connectivity index (χ1n) is 5.21. The predicted molar refractivity (Wildman–Crippen MR) is 73.5 cm³/mol. The van der Waals surface area contributed by atoms with Crippen molar-refractivity contribution >= 4 is 44.8 Å². The van der Waals surface area contributed by atoms with Crippen molar-refractivity contribution in [2.75, 3.05) is 24.5 Å². The second-order valence-electron chi connectivity index (χ2n) is 4.05. The van der Waals surface area contributed by atoms with Gasteiger partial charge < -0.3 is 10.6 Å². The number of nitrogens with zero attached hydrogens (tertiary/aromatic N) is 1. The van der Waals surface area contributed by atoms with Crippen LogP contribution in [-0.2, 0) is 0 Å². The standard InChI is InChI=1S/C11H13BrCl2N2/c12-8-3-9(13)11(10(14)4-8)16-2-1-7(5-15)6-16/h3-4,7H,1-2,5-6,15H2. The Labute approximate surface area is 114 Å². The van der Waals surface area contributed by atoms with Gasteiger partial charge in [-0.3, -0.25) is 0 Å². The zero-order valence-corrected chi connectivity index (χ0v) is 11.8. The van der Waals surface area contributed by atoms with E-state index in [0.717, 1.165) is 36.2 Å². The van der Waals surface area contributed by atoms with Crippen molar-refractivity contribution in [3.8, 4) is 0 Å². The molecule has 1 aromatic carbocycles. The Morgan fingerprint density at radius 2 is 2.00 bits per heavy atom. The van der Waals surface area contributed by atoms with Gasteiger partial charge in [-0.25, -0.2) is 0 Å². The fourth-order valence-electron chi connectivity index (χ4n) is 2.06. The maximum Gasteiger partial charge on any atom is 0.0745 e. The average Bonchev–Trinajstić information content (AvgIpc) is 2.64. The molecule has 0 radical (unpaired) electrons. The summed E-state index contributed by atoms with van der Waals surface area (Å²) in [5.41, 5.74) is 6.61. The summed E-state index contributed by atoms with van der Waals surface area (Å²) < 4.78 is 0.904. The maximum absolute atomic E-state index is 6.22. The van der Waals surface area contributed by atoms with E-state index in [-0.39, 0.29) is 0 Å². The van der Waals surface area contributed by atoms with E-state index in [1.807, 2.05) is 12.1 Å². The van der Waals surface area contributed by atoms with Crippen LogP contribution in [0.5, 0.6) is 0 Å². The minimum atomic E-state index is 0.552. The monoisotopic (exact) mass is 322 g/mol. The van der Waals surface area contributed by atoms with E-state index in [1.54, 1.807) is 0 Å². The summed E-state index contributed by atoms with van der Waals surface area (Å²) in [5.74, 6) is 0.552. The highest BCUT2D eigenvalue weighted by Crippen LogP contribution is 2.38. The molecular formula is C11H13BrCl2N2. The van der Waals surface area contributed by atoms with Crippen LogP contribution < -0.4 is 10.6 Å². The van der Waals surface area contributed by atoms with Gasteiger partial charge in [-0.05, 0) is 31.0 Å². The summed E-state index contributed by atoms with van der Waals surface area (Å²) >= 11 is 15.8. The first kappa shape index (κ1) is 12.5. The average molecular weight is 324 g/mol. The third-order valence-electron chi connectivity index (χ3n) is 2.92. The Bertz CT molecular complexity index is 375. The SMILES string of the molecule is NCC1CCN(c2c(Cl)cc(Br)cc2Cl)C1. The molecule has 1 unspecified atom stereocenters. The van der Waals surface area contributed by atoms with Crippen molar-refractivity contribution < 1.29 is 0 Å². The second-order valence-corrected chi connectivity index (χ2v) is 5.78. The number of anilines is 1. The van der Waals surface area contributed by atoms with Gasteiger partial charge in [-0.1, -0.05) is 39.1 Å². The molecule has 0 aromatic heterocycles. The minimum Gasteiger partial charge on any atom is -0.369 e. The highest BCUT2D eigenvalue weighted by Gasteiger charge is 2.24. The molecule has 1 aromatic rings. The summed E-state index contributed by atoms with van der Waals surface area (Å²) in [6, 6.07) is 3.75. The van der Waals surface area contributed by atoms with Crippen molar-refractivity contribution in [1.82, 2.24) is 0 Å². The first-order chi connectivity index (χ1) is 7.61. The molecule has 2 nitrogen and oxygen atoms in total. The Hall–Kier alpha value is 0.0400. The molecule has 1 fully saturated rings. The Balaban J connectivity index is 2.28. The lowest BCUT2D eigenvalue weighted by Crippen LogP contribution is -2.23. The quantitative estimate of drug-likeness (QED) is 0.902. The van der Waals surface area contributed by atoms with Crippen LogP contribution in [0.2, 0.25) is 10.0 Å². The number of rotatable bonds is 2. The van der Waals surface area contributed by atoms with Crippen LogP contribution >= 0.6 is 39.1 Å². The molecule has 16 heavy (non-hydrogen) atoms. The maximum atomic E-state index is 6.22. The van der Waals surface area contributed by atoms with Crippen LogP contribution in [0.25, 0.3) is 0 Å². The van der Waals surface area contributed by atoms with Crippen molar-refractivity contribution in [3.05, 3.63) is 26.7 Å². The zero-order valence-electron chi connectivity index (χ0n) is 8.72. The van der Waals surface area contributed by atoms with Gasteiger partial charge in [0, 0.05) is 17.6 Å². The Kier molecular flexibility index (Phi) is 4.01. The molecule has 2 rings (SSSR count). The molecule has 1 atom stereocenters. The lowest BCUT2D eigenvalue weighted by atomic mass is 10.1. The smallest absolute Gasteiger partial charge is 0.0745 e. The third-order valence-corrected chi connectivity index (χ3v) is 3.95. The lowest BCUT2D eigenvalue weighted by molar-refractivity contribution is 0.603. The van der Waals surface area contributed by atoms with Crippen LogP contribution in [0.4, 0.5) is 5.69 Å². The molecule has 88 valence electrons. The molecule has 0 amide bonds. The van der Waals surface area contributed by atoms with Gasteiger partial charge in [0.2, 0.25) is 0 Å². The number of hydrogen-bond acceptors (Lipinski definition) is 2. The van der Waals surface area contributed by atoms with Crippen molar-refractivity contribution in [1.29, 1.82) is 0 Å². The molecule has 0 saturated carbocycles. The van der Waals surface area contributed by atoms with Crippen LogP contribution in [-0.4, -0.2) is 19.6 Å². The highest BCUT2D eigenvalue weighted by atomic mass is 79.9. The summed E-state index contributed by atoms with van der Waals surface area (Å²) in [5, 5.41) is 1.38. The van der Waals surface area contributed by atoms with E-state index in [9.17, 15) is 0 Å². The van der Waals surface area contributed by atoms with E-state index in [1.165, 1.54) is 0 Å². The molecule has 1 saturated heterocycles. The van der Waals surface area contributed by atoms with Crippen molar-refractivity contribution in [2.45, 2.75) is 6.42 Å². The summed E-state index contributed by atoms with van der Waals surface area (Å²) in [4.78, 5) is 2.22. The summed E-state index contributed by atoms with van der Waals surface area (Å²) in [7, 11) is 0. The van der Waals surface area contributed by atoms with Gasteiger partial charge in [0.15, 0.2) is 0 Å². The van der Waals surface area contributed by atoms with E-state index in [2.05, 4.69) is 20.8 Å². The number of halogens is 3. The molecule has 2 N–H and O–H groups in total. The van der Waals surface area contributed by atoms with Gasteiger partial charge in [0.05, 0.1) is 15.7 Å². The molecule has 0 bridgehead atoms.